The second kappa shape index (κ2) is 8.82. The summed E-state index contributed by atoms with van der Waals surface area (Å²) in [7, 11) is 0. The van der Waals surface area contributed by atoms with Gasteiger partial charge in [0, 0.05) is 24.0 Å². The van der Waals surface area contributed by atoms with Crippen molar-refractivity contribution < 1.29 is 4.74 Å². The summed E-state index contributed by atoms with van der Waals surface area (Å²) >= 11 is 6.07. The van der Waals surface area contributed by atoms with E-state index in [2.05, 4.69) is 30.0 Å². The molecule has 0 aliphatic heterocycles. The molecule has 2 rings (SSSR count). The van der Waals surface area contributed by atoms with Gasteiger partial charge >= 0.3 is 0 Å². The van der Waals surface area contributed by atoms with Gasteiger partial charge in [0.2, 0.25) is 0 Å². The molecule has 0 amide bonds. The second-order valence-electron chi connectivity index (χ2n) is 5.38. The van der Waals surface area contributed by atoms with Gasteiger partial charge in [-0.25, -0.2) is 0 Å². The molecular weight excluding hydrogens is 294 g/mol. The summed E-state index contributed by atoms with van der Waals surface area (Å²) in [4.78, 5) is 2.31. The fraction of sp³-hybridized carbons (Fsp3) is 0.368. The van der Waals surface area contributed by atoms with Crippen LogP contribution in [0.15, 0.2) is 54.6 Å². The summed E-state index contributed by atoms with van der Waals surface area (Å²) in [5.74, 6) is 0.934. The van der Waals surface area contributed by atoms with Crippen molar-refractivity contribution in [3.05, 3.63) is 54.6 Å². The number of likely N-dealkylation sites (N-methyl/N-ethyl adjacent to an activating group) is 1. The van der Waals surface area contributed by atoms with E-state index in [-0.39, 0.29) is 5.38 Å². The molecule has 0 N–H and O–H groups in total. The third-order valence-corrected chi connectivity index (χ3v) is 3.73. The number of benzene rings is 2. The van der Waals surface area contributed by atoms with Crippen LogP contribution in [0.5, 0.6) is 5.75 Å². The quantitative estimate of drug-likeness (QED) is 0.655. The lowest BCUT2D eigenvalue weighted by Gasteiger charge is -2.22. The Morgan fingerprint density at radius 3 is 2.41 bits per heavy atom. The Bertz CT molecular complexity index is 556. The summed E-state index contributed by atoms with van der Waals surface area (Å²) in [5.41, 5.74) is 2.32. The smallest absolute Gasteiger partial charge is 0.127 e. The number of rotatable bonds is 8. The molecule has 3 heteroatoms. The summed E-state index contributed by atoms with van der Waals surface area (Å²) in [6.07, 6.45) is 0. The predicted octanol–water partition coefficient (Wildman–Crippen LogP) is 4.68. The van der Waals surface area contributed by atoms with E-state index in [1.807, 2.05) is 43.3 Å². The fourth-order valence-corrected chi connectivity index (χ4v) is 2.66. The molecule has 0 radical (unpaired) electrons. The van der Waals surface area contributed by atoms with Gasteiger partial charge in [-0.15, -0.1) is 11.6 Å². The average Bonchev–Trinajstić information content (AvgIpc) is 2.55. The average molecular weight is 318 g/mol. The molecule has 1 atom stereocenters. The first-order valence-corrected chi connectivity index (χ1v) is 8.28. The van der Waals surface area contributed by atoms with Gasteiger partial charge < -0.3 is 4.74 Å². The van der Waals surface area contributed by atoms with Crippen LogP contribution in [-0.4, -0.2) is 36.5 Å². The van der Waals surface area contributed by atoms with Crippen LogP contribution in [0.2, 0.25) is 0 Å². The zero-order valence-corrected chi connectivity index (χ0v) is 14.1. The molecule has 118 valence electrons. The molecule has 0 fully saturated rings. The van der Waals surface area contributed by atoms with Gasteiger partial charge in [-0.3, -0.25) is 4.90 Å². The Morgan fingerprint density at radius 2 is 1.73 bits per heavy atom. The van der Waals surface area contributed by atoms with Crippen LogP contribution >= 0.6 is 11.6 Å². The zero-order chi connectivity index (χ0) is 15.8. The van der Waals surface area contributed by atoms with Crippen molar-refractivity contribution in [2.75, 3.05) is 26.2 Å². The Balaban J connectivity index is 1.99. The number of alkyl halides is 1. The maximum absolute atomic E-state index is 6.07. The SMILES string of the molecule is CCN(CCOc1ccccc1-c1ccccc1)CC(C)Cl. The van der Waals surface area contributed by atoms with Crippen molar-refractivity contribution >= 4 is 11.6 Å². The standard InChI is InChI=1S/C19H24ClNO/c1-3-21(15-16(2)20)13-14-22-19-12-8-7-11-18(19)17-9-5-4-6-10-17/h4-12,16H,3,13-15H2,1-2H3. The first-order chi connectivity index (χ1) is 10.7. The van der Waals surface area contributed by atoms with Crippen LogP contribution in [0.4, 0.5) is 0 Å². The molecule has 0 bridgehead atoms. The number of halogens is 1. The lowest BCUT2D eigenvalue weighted by Crippen LogP contribution is -2.32. The Hall–Kier alpha value is -1.51. The lowest BCUT2D eigenvalue weighted by atomic mass is 10.1. The summed E-state index contributed by atoms with van der Waals surface area (Å²) in [6, 6.07) is 18.5. The lowest BCUT2D eigenvalue weighted by molar-refractivity contribution is 0.217. The number of hydrogen-bond acceptors (Lipinski definition) is 2. The maximum Gasteiger partial charge on any atom is 0.127 e. The van der Waals surface area contributed by atoms with Crippen LogP contribution in [0.3, 0.4) is 0 Å². The van der Waals surface area contributed by atoms with E-state index < -0.39 is 0 Å². The zero-order valence-electron chi connectivity index (χ0n) is 13.3. The summed E-state index contributed by atoms with van der Waals surface area (Å²) < 4.78 is 6.02. The Morgan fingerprint density at radius 1 is 1.05 bits per heavy atom. The van der Waals surface area contributed by atoms with E-state index in [1.54, 1.807) is 0 Å². The largest absolute Gasteiger partial charge is 0.492 e. The molecule has 1 unspecified atom stereocenters. The van der Waals surface area contributed by atoms with E-state index in [9.17, 15) is 0 Å². The maximum atomic E-state index is 6.07. The minimum absolute atomic E-state index is 0.163. The summed E-state index contributed by atoms with van der Waals surface area (Å²) in [6.45, 7) is 7.60. The first kappa shape index (κ1) is 16.9. The van der Waals surface area contributed by atoms with Crippen molar-refractivity contribution in [3.8, 4) is 16.9 Å². The monoisotopic (exact) mass is 317 g/mol. The van der Waals surface area contributed by atoms with Crippen LogP contribution in [-0.2, 0) is 0 Å². The number of para-hydroxylation sites is 1. The first-order valence-electron chi connectivity index (χ1n) is 7.84. The van der Waals surface area contributed by atoms with E-state index in [0.29, 0.717) is 6.61 Å². The Kier molecular flexibility index (Phi) is 6.75. The molecule has 0 aromatic heterocycles. The van der Waals surface area contributed by atoms with E-state index in [0.717, 1.165) is 30.9 Å². The third kappa shape index (κ3) is 5.04. The number of ether oxygens (including phenoxy) is 1. The van der Waals surface area contributed by atoms with E-state index in [4.69, 9.17) is 16.3 Å². The van der Waals surface area contributed by atoms with Gasteiger partial charge in [0.05, 0.1) is 0 Å². The highest BCUT2D eigenvalue weighted by atomic mass is 35.5. The number of nitrogens with zero attached hydrogens (tertiary/aromatic N) is 1. The Labute approximate surface area is 138 Å². The van der Waals surface area contributed by atoms with Gasteiger partial charge in [-0.2, -0.15) is 0 Å². The number of hydrogen-bond donors (Lipinski definition) is 0. The van der Waals surface area contributed by atoms with Crippen molar-refractivity contribution in [3.63, 3.8) is 0 Å². The highest BCUT2D eigenvalue weighted by molar-refractivity contribution is 6.20. The van der Waals surface area contributed by atoms with Gasteiger partial charge in [0.1, 0.15) is 12.4 Å². The molecule has 0 spiro atoms. The second-order valence-corrected chi connectivity index (χ2v) is 6.13. The third-order valence-electron chi connectivity index (χ3n) is 3.59. The van der Waals surface area contributed by atoms with Crippen molar-refractivity contribution in [1.29, 1.82) is 0 Å². The normalized spacial score (nSPS) is 12.4. The topological polar surface area (TPSA) is 12.5 Å². The molecule has 0 aliphatic carbocycles. The molecule has 2 aromatic rings. The molecule has 0 aliphatic rings. The fourth-order valence-electron chi connectivity index (χ4n) is 2.47. The van der Waals surface area contributed by atoms with Crippen molar-refractivity contribution in [2.45, 2.75) is 19.2 Å². The van der Waals surface area contributed by atoms with Crippen molar-refractivity contribution in [2.24, 2.45) is 0 Å². The highest BCUT2D eigenvalue weighted by Crippen LogP contribution is 2.29. The van der Waals surface area contributed by atoms with Crippen LogP contribution in [0, 0.1) is 0 Å². The van der Waals surface area contributed by atoms with Crippen LogP contribution in [0.25, 0.3) is 11.1 Å². The highest BCUT2D eigenvalue weighted by Gasteiger charge is 2.08. The van der Waals surface area contributed by atoms with E-state index in [1.165, 1.54) is 5.56 Å². The molecule has 0 heterocycles. The molecule has 22 heavy (non-hydrogen) atoms. The van der Waals surface area contributed by atoms with Gasteiger partial charge in [0.25, 0.3) is 0 Å². The molecule has 0 saturated heterocycles. The minimum Gasteiger partial charge on any atom is -0.492 e. The van der Waals surface area contributed by atoms with Gasteiger partial charge in [0.15, 0.2) is 0 Å². The molecule has 0 saturated carbocycles. The minimum atomic E-state index is 0.163. The van der Waals surface area contributed by atoms with Crippen LogP contribution < -0.4 is 4.74 Å². The predicted molar refractivity (Wildman–Crippen MR) is 94.8 cm³/mol. The van der Waals surface area contributed by atoms with Crippen molar-refractivity contribution in [1.82, 2.24) is 4.90 Å². The molecule has 2 aromatic carbocycles. The molecule has 2 nitrogen and oxygen atoms in total. The molecular formula is C19H24ClNO. The van der Waals surface area contributed by atoms with Crippen LogP contribution in [0.1, 0.15) is 13.8 Å². The van der Waals surface area contributed by atoms with E-state index >= 15 is 0 Å². The van der Waals surface area contributed by atoms with Gasteiger partial charge in [-0.1, -0.05) is 55.5 Å². The summed E-state index contributed by atoms with van der Waals surface area (Å²) in [5, 5.41) is 0.163. The van der Waals surface area contributed by atoms with Gasteiger partial charge in [-0.05, 0) is 25.1 Å².